The van der Waals surface area contributed by atoms with Crippen molar-refractivity contribution in [2.75, 3.05) is 0 Å². The van der Waals surface area contributed by atoms with Crippen molar-refractivity contribution in [3.8, 4) is 0 Å². The number of aliphatic hydroxyl groups is 1. The zero-order chi connectivity index (χ0) is 14.5. The lowest BCUT2D eigenvalue weighted by Gasteiger charge is -2.13. The van der Waals surface area contributed by atoms with Crippen LogP contribution in [0, 0.1) is 0 Å². The van der Waals surface area contributed by atoms with Gasteiger partial charge >= 0.3 is 0 Å². The average molecular weight is 294 g/mol. The van der Waals surface area contributed by atoms with Gasteiger partial charge in [0.1, 0.15) is 6.10 Å². The molecule has 2 aromatic heterocycles. The topological polar surface area (TPSA) is 50.9 Å². The van der Waals surface area contributed by atoms with E-state index in [1.165, 1.54) is 0 Å². The van der Waals surface area contributed by atoms with Gasteiger partial charge in [0.15, 0.2) is 0 Å². The molecule has 2 heterocycles. The van der Waals surface area contributed by atoms with E-state index in [0.29, 0.717) is 23.2 Å². The molecule has 0 aliphatic rings. The first-order valence-electron chi connectivity index (χ1n) is 6.97. The maximum absolute atomic E-state index is 10.2. The van der Waals surface area contributed by atoms with Gasteiger partial charge in [-0.15, -0.1) is 0 Å². The summed E-state index contributed by atoms with van der Waals surface area (Å²) in [6, 6.07) is 5.85. The number of aromatic nitrogens is 3. The molecule has 0 radical (unpaired) electrons. The molecule has 5 heteroatoms. The van der Waals surface area contributed by atoms with Crippen molar-refractivity contribution < 1.29 is 5.11 Å². The molecule has 20 heavy (non-hydrogen) atoms. The van der Waals surface area contributed by atoms with Crippen LogP contribution in [0.15, 0.2) is 30.6 Å². The molecule has 0 aliphatic carbocycles. The summed E-state index contributed by atoms with van der Waals surface area (Å²) in [5.41, 5.74) is 1.49. The van der Waals surface area contributed by atoms with Gasteiger partial charge in [0.2, 0.25) is 0 Å². The lowest BCUT2D eigenvalue weighted by Crippen LogP contribution is -2.09. The quantitative estimate of drug-likeness (QED) is 0.886. The third-order valence-electron chi connectivity index (χ3n) is 3.47. The van der Waals surface area contributed by atoms with E-state index >= 15 is 0 Å². The zero-order valence-corrected chi connectivity index (χ0v) is 12.6. The zero-order valence-electron chi connectivity index (χ0n) is 11.8. The van der Waals surface area contributed by atoms with Gasteiger partial charge in [0.25, 0.3) is 0 Å². The van der Waals surface area contributed by atoms with Crippen molar-refractivity contribution in [3.05, 3.63) is 47.0 Å². The van der Waals surface area contributed by atoms with Gasteiger partial charge in [-0.3, -0.25) is 9.67 Å². The Morgan fingerprint density at radius 2 is 2.00 bits per heavy atom. The van der Waals surface area contributed by atoms with Gasteiger partial charge in [-0.25, -0.2) is 0 Å². The molecule has 1 atom stereocenters. The molecule has 1 unspecified atom stereocenters. The van der Waals surface area contributed by atoms with Crippen molar-refractivity contribution in [1.29, 1.82) is 0 Å². The second kappa shape index (κ2) is 6.86. The first-order valence-corrected chi connectivity index (χ1v) is 7.35. The smallest absolute Gasteiger partial charge is 0.102 e. The van der Waals surface area contributed by atoms with Crippen LogP contribution in [0.4, 0.5) is 0 Å². The van der Waals surface area contributed by atoms with Crippen LogP contribution in [0.3, 0.4) is 0 Å². The fraction of sp³-hybridized carbons (Fsp3) is 0.467. The second-order valence-corrected chi connectivity index (χ2v) is 5.32. The lowest BCUT2D eigenvalue weighted by atomic mass is 10.1. The average Bonchev–Trinajstić information content (AvgIpc) is 2.89. The highest BCUT2D eigenvalue weighted by Crippen LogP contribution is 2.19. The first kappa shape index (κ1) is 15.0. The molecule has 0 aromatic carbocycles. The van der Waals surface area contributed by atoms with Crippen molar-refractivity contribution >= 4 is 11.6 Å². The van der Waals surface area contributed by atoms with E-state index < -0.39 is 6.10 Å². The van der Waals surface area contributed by atoms with Crippen LogP contribution >= 0.6 is 11.6 Å². The highest BCUT2D eigenvalue weighted by molar-refractivity contribution is 6.30. The van der Waals surface area contributed by atoms with Crippen LogP contribution in [-0.2, 0) is 6.42 Å². The molecule has 2 rings (SSSR count). The van der Waals surface area contributed by atoms with E-state index in [0.717, 1.165) is 18.5 Å². The van der Waals surface area contributed by atoms with E-state index in [1.807, 2.05) is 16.9 Å². The van der Waals surface area contributed by atoms with Crippen molar-refractivity contribution in [3.63, 3.8) is 0 Å². The molecule has 0 amide bonds. The number of pyridine rings is 1. The fourth-order valence-corrected chi connectivity index (χ4v) is 2.35. The minimum atomic E-state index is -0.655. The van der Waals surface area contributed by atoms with Crippen LogP contribution in [0.25, 0.3) is 0 Å². The van der Waals surface area contributed by atoms with Crippen LogP contribution in [0.5, 0.6) is 0 Å². The summed E-state index contributed by atoms with van der Waals surface area (Å²) >= 11 is 5.79. The Hall–Kier alpha value is -1.39. The first-order chi connectivity index (χ1) is 9.63. The third kappa shape index (κ3) is 3.58. The van der Waals surface area contributed by atoms with E-state index in [-0.39, 0.29) is 0 Å². The van der Waals surface area contributed by atoms with Crippen LogP contribution in [0.1, 0.15) is 50.2 Å². The molecule has 0 spiro atoms. The molecule has 0 saturated heterocycles. The minimum Gasteiger partial charge on any atom is -0.386 e. The van der Waals surface area contributed by atoms with E-state index in [1.54, 1.807) is 18.3 Å². The molecule has 0 bridgehead atoms. The maximum atomic E-state index is 10.2. The van der Waals surface area contributed by atoms with Crippen molar-refractivity contribution in [2.45, 2.75) is 45.3 Å². The largest absolute Gasteiger partial charge is 0.386 e. The van der Waals surface area contributed by atoms with Crippen molar-refractivity contribution in [2.24, 2.45) is 0 Å². The summed E-state index contributed by atoms with van der Waals surface area (Å²) < 4.78 is 1.98. The predicted octanol–water partition coefficient (Wildman–Crippen LogP) is 3.57. The number of hydrogen-bond donors (Lipinski definition) is 1. The Labute approximate surface area is 124 Å². The molecule has 1 N–H and O–H groups in total. The summed E-state index contributed by atoms with van der Waals surface area (Å²) in [7, 11) is 0. The van der Waals surface area contributed by atoms with Crippen LogP contribution in [0.2, 0.25) is 5.02 Å². The summed E-state index contributed by atoms with van der Waals surface area (Å²) in [4.78, 5) is 4.13. The van der Waals surface area contributed by atoms with Gasteiger partial charge in [0.05, 0.1) is 22.5 Å². The minimum absolute atomic E-state index is 0.426. The Morgan fingerprint density at radius 3 is 2.60 bits per heavy atom. The maximum Gasteiger partial charge on any atom is 0.102 e. The number of aliphatic hydroxyl groups excluding tert-OH is 1. The lowest BCUT2D eigenvalue weighted by molar-refractivity contribution is 0.172. The number of rotatable bonds is 6. The molecule has 2 aromatic rings. The van der Waals surface area contributed by atoms with Gasteiger partial charge in [-0.2, -0.15) is 5.10 Å². The fourth-order valence-electron chi connectivity index (χ4n) is 2.24. The Kier molecular flexibility index (Phi) is 5.15. The standard InChI is InChI=1S/C15H20ClN3O/c1-3-13(4-2)19-8-7-12(18-19)9-15(20)14-6-5-11(16)10-17-14/h5-8,10,13,15,20H,3-4,9H2,1-2H3. The van der Waals surface area contributed by atoms with E-state index in [4.69, 9.17) is 11.6 Å². The normalized spacial score (nSPS) is 12.8. The summed E-state index contributed by atoms with van der Waals surface area (Å²) in [5, 5.41) is 15.3. The van der Waals surface area contributed by atoms with Crippen molar-refractivity contribution in [1.82, 2.24) is 14.8 Å². The van der Waals surface area contributed by atoms with Crippen LogP contribution < -0.4 is 0 Å². The number of hydrogen-bond acceptors (Lipinski definition) is 3. The predicted molar refractivity (Wildman–Crippen MR) is 79.8 cm³/mol. The Bertz CT molecular complexity index is 534. The summed E-state index contributed by atoms with van der Waals surface area (Å²) in [6.45, 7) is 4.31. The molecule has 0 aliphatic heterocycles. The highest BCUT2D eigenvalue weighted by atomic mass is 35.5. The van der Waals surface area contributed by atoms with Crippen LogP contribution in [-0.4, -0.2) is 19.9 Å². The van der Waals surface area contributed by atoms with Gasteiger partial charge in [-0.1, -0.05) is 25.4 Å². The molecule has 4 nitrogen and oxygen atoms in total. The second-order valence-electron chi connectivity index (χ2n) is 4.88. The van der Waals surface area contributed by atoms with Gasteiger partial charge in [-0.05, 0) is 31.0 Å². The highest BCUT2D eigenvalue weighted by Gasteiger charge is 2.13. The SMILES string of the molecule is CCC(CC)n1ccc(CC(O)c2ccc(Cl)cn2)n1. The molecular formula is C15H20ClN3O. The van der Waals surface area contributed by atoms with E-state index in [9.17, 15) is 5.11 Å². The third-order valence-corrected chi connectivity index (χ3v) is 3.70. The Morgan fingerprint density at radius 1 is 1.25 bits per heavy atom. The molecule has 0 fully saturated rings. The molecule has 0 saturated carbocycles. The van der Waals surface area contributed by atoms with Gasteiger partial charge in [0, 0.05) is 18.8 Å². The monoisotopic (exact) mass is 293 g/mol. The number of halogens is 1. The summed E-state index contributed by atoms with van der Waals surface area (Å²) in [5.74, 6) is 0. The molecule has 108 valence electrons. The van der Waals surface area contributed by atoms with E-state index in [2.05, 4.69) is 23.9 Å². The summed E-state index contributed by atoms with van der Waals surface area (Å²) in [6.07, 6.45) is 5.44. The molecular weight excluding hydrogens is 274 g/mol. The van der Waals surface area contributed by atoms with Gasteiger partial charge < -0.3 is 5.11 Å². The number of nitrogens with zero attached hydrogens (tertiary/aromatic N) is 3. The Balaban J connectivity index is 2.04.